The first-order valence-electron chi connectivity index (χ1n) is 3.09. The second-order valence-corrected chi connectivity index (χ2v) is 4.11. The van der Waals surface area contributed by atoms with Gasteiger partial charge in [0.25, 0.3) is 0 Å². The molecule has 0 fully saturated rings. The Morgan fingerprint density at radius 3 is 2.08 bits per heavy atom. The second-order valence-electron chi connectivity index (χ2n) is 2.13. The first-order valence-corrected chi connectivity index (χ1v) is 5.38. The van der Waals surface area contributed by atoms with E-state index in [0.717, 1.165) is 0 Å². The number of para-hydroxylation sites is 1. The van der Waals surface area contributed by atoms with Crippen LogP contribution in [0, 0.1) is 0 Å². The van der Waals surface area contributed by atoms with E-state index in [0.29, 0.717) is 0 Å². The fourth-order valence-corrected chi connectivity index (χ4v) is 1.71. The maximum Gasteiger partial charge on any atom is 0.524 e. The zero-order chi connectivity index (χ0) is 10.1. The van der Waals surface area contributed by atoms with E-state index in [9.17, 15) is 4.57 Å². The number of rotatable bonds is 2. The van der Waals surface area contributed by atoms with Crippen LogP contribution in [-0.4, -0.2) is 9.79 Å². The third-order valence-corrected chi connectivity index (χ3v) is 2.14. The lowest BCUT2D eigenvalue weighted by molar-refractivity contribution is 0.283. The van der Waals surface area contributed by atoms with Crippen LogP contribution in [0.15, 0.2) is 18.2 Å². The van der Waals surface area contributed by atoms with Gasteiger partial charge in [-0.25, -0.2) is 4.57 Å². The molecule has 0 saturated heterocycles. The van der Waals surface area contributed by atoms with Gasteiger partial charge in [0.2, 0.25) is 0 Å². The van der Waals surface area contributed by atoms with Gasteiger partial charge in [-0.1, -0.05) is 29.3 Å². The molecule has 0 aliphatic heterocycles. The fourth-order valence-electron chi connectivity index (χ4n) is 0.689. The first kappa shape index (κ1) is 10.8. The summed E-state index contributed by atoms with van der Waals surface area (Å²) in [5.41, 5.74) is 0. The summed E-state index contributed by atoms with van der Waals surface area (Å²) in [4.78, 5) is 17.0. The molecule has 0 radical (unpaired) electrons. The van der Waals surface area contributed by atoms with Gasteiger partial charge < -0.3 is 4.52 Å². The van der Waals surface area contributed by atoms with E-state index < -0.39 is 7.82 Å². The number of hydrogen-bond acceptors (Lipinski definition) is 2. The molecule has 7 heteroatoms. The minimum Gasteiger partial charge on any atom is -0.401 e. The number of hydrogen-bond donors (Lipinski definition) is 2. The highest BCUT2D eigenvalue weighted by Crippen LogP contribution is 2.44. The summed E-state index contributed by atoms with van der Waals surface area (Å²) in [6, 6.07) is 4.37. The quantitative estimate of drug-likeness (QED) is 0.783. The minimum absolute atomic E-state index is 0.0517. The Balaban J connectivity index is 3.07. The standard InChI is InChI=1S/C6H5Cl2O4P/c7-4-2-1-3-5(8)6(4)12-13(9,10)11/h1-3H,(H2,9,10,11). The van der Waals surface area contributed by atoms with Crippen molar-refractivity contribution in [3.05, 3.63) is 28.2 Å². The van der Waals surface area contributed by atoms with Crippen molar-refractivity contribution in [1.29, 1.82) is 0 Å². The predicted octanol–water partition coefficient (Wildman–Crippen LogP) is 2.46. The van der Waals surface area contributed by atoms with Gasteiger partial charge in [0.05, 0.1) is 10.0 Å². The average Bonchev–Trinajstić information content (AvgIpc) is 1.95. The normalized spacial score (nSPS) is 11.4. The van der Waals surface area contributed by atoms with E-state index in [1.165, 1.54) is 18.2 Å². The molecule has 1 aromatic carbocycles. The zero-order valence-corrected chi connectivity index (χ0v) is 8.55. The number of phosphoric acid groups is 1. The lowest BCUT2D eigenvalue weighted by atomic mass is 10.3. The summed E-state index contributed by atoms with van der Waals surface area (Å²) in [5, 5.41) is 0.103. The van der Waals surface area contributed by atoms with E-state index in [1.807, 2.05) is 0 Å². The van der Waals surface area contributed by atoms with Gasteiger partial charge >= 0.3 is 7.82 Å². The van der Waals surface area contributed by atoms with Crippen LogP contribution in [0.3, 0.4) is 0 Å². The smallest absolute Gasteiger partial charge is 0.401 e. The maximum atomic E-state index is 10.5. The molecule has 0 aliphatic rings. The third kappa shape index (κ3) is 3.18. The van der Waals surface area contributed by atoms with Gasteiger partial charge in [-0.05, 0) is 12.1 Å². The number of halogens is 2. The van der Waals surface area contributed by atoms with Crippen molar-refractivity contribution in [3.8, 4) is 5.75 Å². The van der Waals surface area contributed by atoms with E-state index in [1.54, 1.807) is 0 Å². The van der Waals surface area contributed by atoms with Gasteiger partial charge in [0.1, 0.15) is 0 Å². The van der Waals surface area contributed by atoms with E-state index in [-0.39, 0.29) is 15.8 Å². The van der Waals surface area contributed by atoms with Crippen molar-refractivity contribution in [2.75, 3.05) is 0 Å². The molecule has 0 unspecified atom stereocenters. The first-order chi connectivity index (χ1) is 5.90. The highest BCUT2D eigenvalue weighted by molar-refractivity contribution is 7.46. The van der Waals surface area contributed by atoms with Crippen LogP contribution in [-0.2, 0) is 4.57 Å². The van der Waals surface area contributed by atoms with Crippen molar-refractivity contribution < 1.29 is 18.9 Å². The molecule has 0 atom stereocenters. The Kier molecular flexibility index (Phi) is 3.22. The highest BCUT2D eigenvalue weighted by atomic mass is 35.5. The van der Waals surface area contributed by atoms with Crippen LogP contribution in [0.5, 0.6) is 5.75 Å². The van der Waals surface area contributed by atoms with Crippen molar-refractivity contribution in [1.82, 2.24) is 0 Å². The van der Waals surface area contributed by atoms with Crippen molar-refractivity contribution in [3.63, 3.8) is 0 Å². The van der Waals surface area contributed by atoms with Crippen LogP contribution in [0.1, 0.15) is 0 Å². The number of phosphoric ester groups is 1. The molecule has 4 nitrogen and oxygen atoms in total. The molecule has 72 valence electrons. The maximum absolute atomic E-state index is 10.5. The summed E-state index contributed by atoms with van der Waals surface area (Å²) < 4.78 is 14.7. The van der Waals surface area contributed by atoms with E-state index in [4.69, 9.17) is 33.0 Å². The SMILES string of the molecule is O=P(O)(O)Oc1c(Cl)cccc1Cl. The van der Waals surface area contributed by atoms with Crippen molar-refractivity contribution in [2.45, 2.75) is 0 Å². The monoisotopic (exact) mass is 242 g/mol. The van der Waals surface area contributed by atoms with Gasteiger partial charge in [0.15, 0.2) is 5.75 Å². The van der Waals surface area contributed by atoms with Gasteiger partial charge in [-0.2, -0.15) is 0 Å². The second kappa shape index (κ2) is 3.86. The van der Waals surface area contributed by atoms with Crippen LogP contribution in [0.2, 0.25) is 10.0 Å². The summed E-state index contributed by atoms with van der Waals surface area (Å²) >= 11 is 11.2. The van der Waals surface area contributed by atoms with Gasteiger partial charge in [-0.15, -0.1) is 0 Å². The van der Waals surface area contributed by atoms with Gasteiger partial charge in [0, 0.05) is 0 Å². The van der Waals surface area contributed by atoms with Gasteiger partial charge in [-0.3, -0.25) is 9.79 Å². The Bertz CT molecular complexity index is 341. The lowest BCUT2D eigenvalue weighted by Crippen LogP contribution is -1.91. The van der Waals surface area contributed by atoms with Crippen molar-refractivity contribution >= 4 is 31.0 Å². The predicted molar refractivity (Wildman–Crippen MR) is 49.1 cm³/mol. The molecule has 0 amide bonds. The average molecular weight is 243 g/mol. The molecule has 0 spiro atoms. The lowest BCUT2D eigenvalue weighted by Gasteiger charge is -2.09. The van der Waals surface area contributed by atoms with E-state index in [2.05, 4.69) is 4.52 Å². The molecule has 1 rings (SSSR count). The Labute approximate surface area is 84.3 Å². The van der Waals surface area contributed by atoms with Crippen LogP contribution >= 0.6 is 31.0 Å². The molecule has 0 saturated carbocycles. The molecule has 0 aromatic heterocycles. The molecule has 13 heavy (non-hydrogen) atoms. The van der Waals surface area contributed by atoms with E-state index >= 15 is 0 Å². The molecular weight excluding hydrogens is 238 g/mol. The topological polar surface area (TPSA) is 66.8 Å². The summed E-state index contributed by atoms with van der Waals surface area (Å²) in [6.07, 6.45) is 0. The molecule has 0 aliphatic carbocycles. The minimum atomic E-state index is -4.61. The third-order valence-electron chi connectivity index (χ3n) is 1.13. The van der Waals surface area contributed by atoms with Crippen LogP contribution < -0.4 is 4.52 Å². The highest BCUT2D eigenvalue weighted by Gasteiger charge is 2.19. The number of benzene rings is 1. The molecular formula is C6H5Cl2O4P. The van der Waals surface area contributed by atoms with Crippen molar-refractivity contribution in [2.24, 2.45) is 0 Å². The Hall–Kier alpha value is -0.250. The molecule has 0 bridgehead atoms. The fraction of sp³-hybridized carbons (Fsp3) is 0. The molecule has 2 N–H and O–H groups in total. The van der Waals surface area contributed by atoms with Crippen LogP contribution in [0.25, 0.3) is 0 Å². The summed E-state index contributed by atoms with van der Waals surface area (Å²) in [6.45, 7) is 0. The Morgan fingerprint density at radius 1 is 1.23 bits per heavy atom. The van der Waals surface area contributed by atoms with Crippen LogP contribution in [0.4, 0.5) is 0 Å². The Morgan fingerprint density at radius 2 is 1.69 bits per heavy atom. The summed E-state index contributed by atoms with van der Waals surface area (Å²) in [7, 11) is -4.61. The molecule has 1 aromatic rings. The zero-order valence-electron chi connectivity index (χ0n) is 6.15. The molecule has 0 heterocycles. The largest absolute Gasteiger partial charge is 0.524 e. The summed E-state index contributed by atoms with van der Waals surface area (Å²) in [5.74, 6) is -0.209.